The summed E-state index contributed by atoms with van der Waals surface area (Å²) < 4.78 is 16.7. The first-order valence-corrected chi connectivity index (χ1v) is 27.6. The normalized spacial score (nSPS) is 19.8. The average molecular weight is 938 g/mol. The third kappa shape index (κ3) is 35.3. The molecule has 11 nitrogen and oxygen atoms in total. The molecule has 1 heterocycles. The lowest BCUT2D eigenvalue weighted by atomic mass is 9.99. The van der Waals surface area contributed by atoms with Crippen LogP contribution in [0.2, 0.25) is 0 Å². The number of nitrogens with one attached hydrogen (secondary N) is 1. The zero-order chi connectivity index (χ0) is 48.1. The summed E-state index contributed by atoms with van der Waals surface area (Å²) in [5, 5.41) is 54.1. The van der Waals surface area contributed by atoms with E-state index in [0.29, 0.717) is 19.4 Å². The molecule has 388 valence electrons. The van der Waals surface area contributed by atoms with Crippen molar-refractivity contribution in [3.05, 3.63) is 24.3 Å². The smallest absolute Gasteiger partial charge is 0.305 e. The zero-order valence-corrected chi connectivity index (χ0v) is 42.4. The van der Waals surface area contributed by atoms with Gasteiger partial charge in [-0.2, -0.15) is 0 Å². The fraction of sp³-hybridized carbons (Fsp3) is 0.891. The van der Waals surface area contributed by atoms with E-state index in [4.69, 9.17) is 14.2 Å². The lowest BCUT2D eigenvalue weighted by molar-refractivity contribution is -0.302. The Morgan fingerprint density at radius 3 is 1.45 bits per heavy atom. The fourth-order valence-corrected chi connectivity index (χ4v) is 8.60. The van der Waals surface area contributed by atoms with E-state index in [2.05, 4.69) is 31.3 Å². The Balaban J connectivity index is 2.07. The van der Waals surface area contributed by atoms with Crippen LogP contribution in [-0.4, -0.2) is 100 Å². The third-order valence-corrected chi connectivity index (χ3v) is 13.1. The topological polar surface area (TPSA) is 175 Å². The number of carbonyl (C=O) groups is 2. The third-order valence-electron chi connectivity index (χ3n) is 13.1. The molecule has 0 spiro atoms. The number of allylic oxidation sites excluding steroid dienone is 3. The molecule has 0 aliphatic carbocycles. The summed E-state index contributed by atoms with van der Waals surface area (Å²) in [5.74, 6) is -0.220. The first-order valence-electron chi connectivity index (χ1n) is 27.6. The number of ether oxygens (including phenoxy) is 3. The van der Waals surface area contributed by atoms with E-state index in [-0.39, 0.29) is 18.5 Å². The van der Waals surface area contributed by atoms with Gasteiger partial charge in [-0.15, -0.1) is 0 Å². The molecular formula is C55H103NO10. The second kappa shape index (κ2) is 45.6. The van der Waals surface area contributed by atoms with Crippen LogP contribution in [0.4, 0.5) is 0 Å². The van der Waals surface area contributed by atoms with Gasteiger partial charge in [-0.05, 0) is 57.8 Å². The highest BCUT2D eigenvalue weighted by Crippen LogP contribution is 2.23. The molecule has 1 aliphatic rings. The maximum Gasteiger partial charge on any atom is 0.305 e. The molecule has 1 fully saturated rings. The van der Waals surface area contributed by atoms with E-state index in [0.717, 1.165) is 70.6 Å². The Bertz CT molecular complexity index is 1150. The van der Waals surface area contributed by atoms with Crippen LogP contribution in [0, 0.1) is 0 Å². The molecule has 6 N–H and O–H groups in total. The number of unbranched alkanes of at least 4 members (excludes halogenated alkanes) is 31. The summed E-state index contributed by atoms with van der Waals surface area (Å²) in [5.41, 5.74) is 0. The van der Waals surface area contributed by atoms with Crippen LogP contribution in [0.3, 0.4) is 0 Å². The van der Waals surface area contributed by atoms with Crippen LogP contribution in [0.25, 0.3) is 0 Å². The molecule has 7 unspecified atom stereocenters. The predicted molar refractivity (Wildman–Crippen MR) is 269 cm³/mol. The number of amides is 1. The van der Waals surface area contributed by atoms with Gasteiger partial charge in [0.2, 0.25) is 5.91 Å². The van der Waals surface area contributed by atoms with Crippen molar-refractivity contribution in [3.8, 4) is 0 Å². The Morgan fingerprint density at radius 1 is 0.545 bits per heavy atom. The number of aliphatic hydroxyl groups excluding tert-OH is 5. The number of hydrogen-bond donors (Lipinski definition) is 6. The van der Waals surface area contributed by atoms with E-state index in [1.807, 2.05) is 6.08 Å². The Labute approximate surface area is 403 Å². The molecule has 0 aromatic heterocycles. The summed E-state index contributed by atoms with van der Waals surface area (Å²) in [6.45, 7) is 4.27. The van der Waals surface area contributed by atoms with E-state index < -0.39 is 49.5 Å². The molecule has 0 bridgehead atoms. The second-order valence-corrected chi connectivity index (χ2v) is 19.3. The minimum Gasteiger partial charge on any atom is -0.466 e. The molecule has 1 amide bonds. The number of rotatable bonds is 47. The molecule has 0 saturated carbocycles. The van der Waals surface area contributed by atoms with Crippen LogP contribution in [0.1, 0.15) is 251 Å². The lowest BCUT2D eigenvalue weighted by Gasteiger charge is -2.40. The van der Waals surface area contributed by atoms with Crippen LogP contribution in [0.15, 0.2) is 24.3 Å². The monoisotopic (exact) mass is 938 g/mol. The number of aliphatic hydroxyl groups is 5. The quantitative estimate of drug-likeness (QED) is 0.0196. The van der Waals surface area contributed by atoms with E-state index >= 15 is 0 Å². The SMILES string of the molecule is CCCCCCC/C=C\CCCCCCCC(=O)OCCCCCCCCCCCCCCCCCC(=O)NC(COC1OC(CO)C(O)C(O)C1O)C(O)/C=C/CCCCCCCCC. The Hall–Kier alpha value is -1.86. The summed E-state index contributed by atoms with van der Waals surface area (Å²) in [6.07, 6.45) is 42.6. The molecule has 1 aliphatic heterocycles. The van der Waals surface area contributed by atoms with E-state index in [1.54, 1.807) is 6.08 Å². The fourth-order valence-electron chi connectivity index (χ4n) is 8.60. The average Bonchev–Trinajstić information content (AvgIpc) is 3.31. The molecule has 1 rings (SSSR count). The van der Waals surface area contributed by atoms with Crippen molar-refractivity contribution in [2.45, 2.75) is 294 Å². The molecular weight excluding hydrogens is 835 g/mol. The van der Waals surface area contributed by atoms with Crippen LogP contribution in [-0.2, 0) is 23.8 Å². The molecule has 0 radical (unpaired) electrons. The van der Waals surface area contributed by atoms with Crippen LogP contribution >= 0.6 is 0 Å². The van der Waals surface area contributed by atoms with E-state index in [9.17, 15) is 35.1 Å². The maximum atomic E-state index is 13.0. The standard InChI is InChI=1S/C55H103NO10/c1-3-5-7-9-11-13-14-15-20-23-27-31-35-39-43-51(60)64-44-40-36-32-28-24-21-18-16-17-19-22-26-30-34-38-42-50(59)56-47(48(58)41-37-33-29-25-12-10-8-6-4-2)46-65-55-54(63)53(62)52(61)49(45-57)66-55/h14-15,37,41,47-49,52-55,57-58,61-63H,3-13,16-36,38-40,42-46H2,1-2H3,(H,56,59)/b15-14-,41-37+. The van der Waals surface area contributed by atoms with Crippen LogP contribution < -0.4 is 5.32 Å². The molecule has 0 aromatic rings. The molecule has 11 heteroatoms. The molecule has 1 saturated heterocycles. The van der Waals surface area contributed by atoms with Gasteiger partial charge in [0.05, 0.1) is 32.0 Å². The van der Waals surface area contributed by atoms with Gasteiger partial charge in [0, 0.05) is 12.8 Å². The van der Waals surface area contributed by atoms with Crippen molar-refractivity contribution in [2.24, 2.45) is 0 Å². The van der Waals surface area contributed by atoms with Crippen molar-refractivity contribution in [3.63, 3.8) is 0 Å². The number of esters is 1. The van der Waals surface area contributed by atoms with Crippen molar-refractivity contribution in [1.82, 2.24) is 5.32 Å². The van der Waals surface area contributed by atoms with Crippen molar-refractivity contribution < 1.29 is 49.3 Å². The first kappa shape index (κ1) is 62.2. The second-order valence-electron chi connectivity index (χ2n) is 19.3. The van der Waals surface area contributed by atoms with Crippen molar-refractivity contribution in [2.75, 3.05) is 19.8 Å². The lowest BCUT2D eigenvalue weighted by Crippen LogP contribution is -2.60. The summed E-state index contributed by atoms with van der Waals surface area (Å²) in [7, 11) is 0. The van der Waals surface area contributed by atoms with Crippen molar-refractivity contribution >= 4 is 11.9 Å². The highest BCUT2D eigenvalue weighted by atomic mass is 16.7. The maximum absolute atomic E-state index is 13.0. The Morgan fingerprint density at radius 2 is 0.970 bits per heavy atom. The molecule has 0 aromatic carbocycles. The summed E-state index contributed by atoms with van der Waals surface area (Å²) in [6, 6.07) is -0.814. The minimum atomic E-state index is -1.57. The summed E-state index contributed by atoms with van der Waals surface area (Å²) in [4.78, 5) is 25.0. The van der Waals surface area contributed by atoms with Crippen molar-refractivity contribution in [1.29, 1.82) is 0 Å². The number of hydrogen-bond acceptors (Lipinski definition) is 10. The minimum absolute atomic E-state index is 0.0275. The van der Waals surface area contributed by atoms with Gasteiger partial charge in [0.1, 0.15) is 24.4 Å². The van der Waals surface area contributed by atoms with Gasteiger partial charge in [-0.3, -0.25) is 9.59 Å². The van der Waals surface area contributed by atoms with Gasteiger partial charge >= 0.3 is 5.97 Å². The van der Waals surface area contributed by atoms with Gasteiger partial charge in [0.15, 0.2) is 6.29 Å². The molecule has 7 atom stereocenters. The predicted octanol–water partition coefficient (Wildman–Crippen LogP) is 11.8. The van der Waals surface area contributed by atoms with Gasteiger partial charge in [0.25, 0.3) is 0 Å². The van der Waals surface area contributed by atoms with Gasteiger partial charge in [-0.1, -0.05) is 205 Å². The highest BCUT2D eigenvalue weighted by Gasteiger charge is 2.44. The van der Waals surface area contributed by atoms with Crippen LogP contribution in [0.5, 0.6) is 0 Å². The molecule has 66 heavy (non-hydrogen) atoms. The van der Waals surface area contributed by atoms with Gasteiger partial charge < -0.3 is 45.1 Å². The zero-order valence-electron chi connectivity index (χ0n) is 42.4. The largest absolute Gasteiger partial charge is 0.466 e. The number of carbonyl (C=O) groups excluding carboxylic acids is 2. The Kier molecular flexibility index (Phi) is 42.9. The first-order chi connectivity index (χ1) is 32.2. The highest BCUT2D eigenvalue weighted by molar-refractivity contribution is 5.76. The van der Waals surface area contributed by atoms with E-state index in [1.165, 1.54) is 154 Å². The van der Waals surface area contributed by atoms with Gasteiger partial charge in [-0.25, -0.2) is 0 Å². The summed E-state index contributed by atoms with van der Waals surface area (Å²) >= 11 is 0.